The summed E-state index contributed by atoms with van der Waals surface area (Å²) >= 11 is 5.75. The van der Waals surface area contributed by atoms with Gasteiger partial charge in [-0.3, -0.25) is 0 Å². The largest absolute Gasteiger partial charge is 0.207 e. The highest BCUT2D eigenvalue weighted by atomic mass is 35.5. The fraction of sp³-hybridized carbons (Fsp3) is 0.486. The van der Waals surface area contributed by atoms with E-state index >= 15 is 0 Å². The molecule has 1 aliphatic rings. The molecule has 38 heavy (non-hydrogen) atoms. The molecule has 0 N–H and O–H groups in total. The lowest BCUT2D eigenvalue weighted by Crippen LogP contribution is -2.16. The van der Waals surface area contributed by atoms with Gasteiger partial charge >= 0.3 is 0 Å². The van der Waals surface area contributed by atoms with Gasteiger partial charge in [0.05, 0.1) is 5.02 Å². The monoisotopic (exact) mass is 536 g/mol. The van der Waals surface area contributed by atoms with Crippen LogP contribution in [0.1, 0.15) is 92.5 Å². The molecule has 1 saturated carbocycles. The third-order valence-corrected chi connectivity index (χ3v) is 8.83. The van der Waals surface area contributed by atoms with Crippen LogP contribution in [0.4, 0.5) is 8.78 Å². The minimum atomic E-state index is -0.420. The second kappa shape index (κ2) is 14.8. The van der Waals surface area contributed by atoms with Gasteiger partial charge in [-0.2, -0.15) is 0 Å². The molecule has 0 aromatic heterocycles. The van der Waals surface area contributed by atoms with Crippen molar-refractivity contribution < 1.29 is 8.78 Å². The smallest absolute Gasteiger partial charge is 0.142 e. The average molecular weight is 537 g/mol. The van der Waals surface area contributed by atoms with E-state index in [2.05, 4.69) is 37.3 Å². The fourth-order valence-corrected chi connectivity index (χ4v) is 6.04. The summed E-state index contributed by atoms with van der Waals surface area (Å²) in [4.78, 5) is 0. The van der Waals surface area contributed by atoms with E-state index in [4.69, 9.17) is 11.6 Å². The van der Waals surface area contributed by atoms with Crippen molar-refractivity contribution in [3.8, 4) is 0 Å². The maximum Gasteiger partial charge on any atom is 0.142 e. The first-order chi connectivity index (χ1) is 18.5. The third-order valence-electron chi connectivity index (χ3n) is 8.53. The molecule has 1 fully saturated rings. The van der Waals surface area contributed by atoms with Crippen molar-refractivity contribution in [2.45, 2.75) is 96.8 Å². The van der Waals surface area contributed by atoms with E-state index in [1.807, 2.05) is 6.07 Å². The Balaban J connectivity index is 1.14. The molecular formula is C35H43ClF2. The number of rotatable bonds is 13. The van der Waals surface area contributed by atoms with Gasteiger partial charge in [-0.05, 0) is 109 Å². The van der Waals surface area contributed by atoms with Crippen LogP contribution in [0, 0.1) is 23.5 Å². The fourth-order valence-electron chi connectivity index (χ4n) is 5.93. The number of halogens is 3. The van der Waals surface area contributed by atoms with Crippen molar-refractivity contribution in [1.29, 1.82) is 0 Å². The molecule has 0 atom stereocenters. The van der Waals surface area contributed by atoms with Crippen LogP contribution < -0.4 is 0 Å². The highest BCUT2D eigenvalue weighted by Crippen LogP contribution is 2.34. The number of aryl methyl sites for hydroxylation is 5. The van der Waals surface area contributed by atoms with Gasteiger partial charge in [0, 0.05) is 0 Å². The van der Waals surface area contributed by atoms with Crippen LogP contribution in [0.3, 0.4) is 0 Å². The molecule has 1 aliphatic carbocycles. The zero-order valence-electron chi connectivity index (χ0n) is 23.0. The molecular weight excluding hydrogens is 494 g/mol. The van der Waals surface area contributed by atoms with Crippen LogP contribution in [0.5, 0.6) is 0 Å². The topological polar surface area (TPSA) is 0 Å². The molecule has 0 radical (unpaired) electrons. The van der Waals surface area contributed by atoms with Gasteiger partial charge in [0.2, 0.25) is 0 Å². The van der Waals surface area contributed by atoms with E-state index in [-0.39, 0.29) is 10.8 Å². The lowest BCUT2D eigenvalue weighted by atomic mass is 9.77. The first kappa shape index (κ1) is 28.8. The first-order valence-corrected chi connectivity index (χ1v) is 15.2. The summed E-state index contributed by atoms with van der Waals surface area (Å²) < 4.78 is 28.4. The first-order valence-electron chi connectivity index (χ1n) is 14.8. The number of unbranched alkanes of at least 4 members (excludes halogenated alkanes) is 2. The van der Waals surface area contributed by atoms with E-state index < -0.39 is 5.82 Å². The summed E-state index contributed by atoms with van der Waals surface area (Å²) in [5.41, 5.74) is 5.57. The lowest BCUT2D eigenvalue weighted by Gasteiger charge is -2.28. The Morgan fingerprint density at radius 3 is 1.74 bits per heavy atom. The van der Waals surface area contributed by atoms with Crippen LogP contribution in [0.25, 0.3) is 0 Å². The second-order valence-corrected chi connectivity index (χ2v) is 11.8. The molecule has 3 aromatic rings. The average Bonchev–Trinajstić information content (AvgIpc) is 2.93. The van der Waals surface area contributed by atoms with E-state index in [9.17, 15) is 8.78 Å². The summed E-state index contributed by atoms with van der Waals surface area (Å²) in [6.07, 6.45) is 16.1. The molecule has 0 saturated heterocycles. The van der Waals surface area contributed by atoms with Crippen molar-refractivity contribution in [1.82, 2.24) is 0 Å². The molecule has 0 heterocycles. The van der Waals surface area contributed by atoms with Gasteiger partial charge in [-0.1, -0.05) is 99.5 Å². The lowest BCUT2D eigenvalue weighted by molar-refractivity contribution is 0.253. The Bertz CT molecular complexity index is 1130. The Hall–Kier alpha value is -2.19. The zero-order valence-corrected chi connectivity index (χ0v) is 23.7. The van der Waals surface area contributed by atoms with Gasteiger partial charge in [-0.25, -0.2) is 8.78 Å². The minimum absolute atomic E-state index is 0.122. The summed E-state index contributed by atoms with van der Waals surface area (Å²) in [5, 5.41) is 0.122. The van der Waals surface area contributed by atoms with Crippen molar-refractivity contribution in [2.24, 2.45) is 11.8 Å². The van der Waals surface area contributed by atoms with E-state index in [1.165, 1.54) is 81.4 Å². The Morgan fingerprint density at radius 1 is 0.605 bits per heavy atom. The molecule has 0 spiro atoms. The number of hydrogen-bond donors (Lipinski definition) is 0. The molecule has 0 aliphatic heterocycles. The van der Waals surface area contributed by atoms with Crippen LogP contribution in [0.2, 0.25) is 5.02 Å². The molecule has 0 unspecified atom stereocenters. The van der Waals surface area contributed by atoms with Crippen molar-refractivity contribution in [2.75, 3.05) is 0 Å². The van der Waals surface area contributed by atoms with Gasteiger partial charge in [0.25, 0.3) is 0 Å². The summed E-state index contributed by atoms with van der Waals surface area (Å²) in [5.74, 6) is 1.05. The summed E-state index contributed by atoms with van der Waals surface area (Å²) in [7, 11) is 0. The van der Waals surface area contributed by atoms with Gasteiger partial charge in [0.1, 0.15) is 11.6 Å². The van der Waals surface area contributed by atoms with Crippen LogP contribution in [0.15, 0.2) is 60.7 Å². The molecule has 204 valence electrons. The molecule has 0 amide bonds. The van der Waals surface area contributed by atoms with Crippen LogP contribution in [-0.4, -0.2) is 0 Å². The minimum Gasteiger partial charge on any atom is -0.207 e. The quantitative estimate of drug-likeness (QED) is 0.190. The molecule has 0 nitrogen and oxygen atoms in total. The molecule has 3 aromatic carbocycles. The molecule has 3 heteroatoms. The summed E-state index contributed by atoms with van der Waals surface area (Å²) in [6, 6.07) is 19.8. The number of benzene rings is 3. The van der Waals surface area contributed by atoms with Gasteiger partial charge < -0.3 is 0 Å². The predicted octanol–water partition coefficient (Wildman–Crippen LogP) is 10.5. The van der Waals surface area contributed by atoms with Gasteiger partial charge in [-0.15, -0.1) is 0 Å². The SMILES string of the molecule is CCCCCc1ccc(CC[C@H]2CC[C@H](CCc3ccc(CCc4ccc(Cl)c(F)c4)c(F)c3)CC2)cc1. The van der Waals surface area contributed by atoms with Crippen LogP contribution in [-0.2, 0) is 32.1 Å². The Morgan fingerprint density at radius 2 is 1.13 bits per heavy atom. The maximum absolute atomic E-state index is 14.7. The maximum atomic E-state index is 14.7. The standard InChI is InChI=1S/C35H43ClF2/c1-2-3-4-5-26-6-8-27(9-7-26)10-11-28-12-14-29(15-13-28)16-17-30-18-21-32(34(37)24-30)22-19-31-20-23-33(36)35(38)25-31/h6-9,18,20-21,23-25,28-29H,2-5,10-17,19,22H2,1H3/t28-,29-. The second-order valence-electron chi connectivity index (χ2n) is 11.4. The van der Waals surface area contributed by atoms with Crippen molar-refractivity contribution >= 4 is 11.6 Å². The van der Waals surface area contributed by atoms with Crippen molar-refractivity contribution in [3.63, 3.8) is 0 Å². The highest BCUT2D eigenvalue weighted by molar-refractivity contribution is 6.30. The Labute approximate surface area is 233 Å². The normalized spacial score (nSPS) is 17.6. The highest BCUT2D eigenvalue weighted by Gasteiger charge is 2.21. The molecule has 4 rings (SSSR count). The number of hydrogen-bond acceptors (Lipinski definition) is 0. The zero-order chi connectivity index (χ0) is 26.7. The predicted molar refractivity (Wildman–Crippen MR) is 157 cm³/mol. The third kappa shape index (κ3) is 8.94. The van der Waals surface area contributed by atoms with E-state index in [0.717, 1.165) is 35.8 Å². The van der Waals surface area contributed by atoms with Crippen molar-refractivity contribution in [3.05, 3.63) is 105 Å². The molecule has 0 bridgehead atoms. The summed E-state index contributed by atoms with van der Waals surface area (Å²) in [6.45, 7) is 2.26. The van der Waals surface area contributed by atoms with Gasteiger partial charge in [0.15, 0.2) is 0 Å². The Kier molecular flexibility index (Phi) is 11.2. The van der Waals surface area contributed by atoms with E-state index in [0.29, 0.717) is 18.4 Å². The van der Waals surface area contributed by atoms with Crippen LogP contribution >= 0.6 is 11.6 Å². The van der Waals surface area contributed by atoms with E-state index in [1.54, 1.807) is 18.2 Å².